The summed E-state index contributed by atoms with van der Waals surface area (Å²) < 4.78 is 35.5. The van der Waals surface area contributed by atoms with Crippen molar-refractivity contribution in [1.29, 1.82) is 0 Å². The lowest BCUT2D eigenvalue weighted by atomic mass is 9.97. The molecule has 0 aromatic heterocycles. The Hall–Kier alpha value is -3.36. The molecule has 2 atom stereocenters. The Kier molecular flexibility index (Phi) is 13.4. The third-order valence-corrected chi connectivity index (χ3v) is 6.68. The Morgan fingerprint density at radius 1 is 0.595 bits per heavy atom. The van der Waals surface area contributed by atoms with E-state index in [1.165, 1.54) is 0 Å². The van der Waals surface area contributed by atoms with Crippen LogP contribution in [-0.2, 0) is 28.5 Å². The first-order valence-corrected chi connectivity index (χ1v) is 15.1. The number of hydrogen-bond acceptors (Lipinski definition) is 8. The molecule has 3 aromatic rings. The van der Waals surface area contributed by atoms with Crippen molar-refractivity contribution in [2.75, 3.05) is 39.6 Å². The minimum absolute atomic E-state index is 0.144. The maximum absolute atomic E-state index is 12.3. The molecule has 0 saturated heterocycles. The van der Waals surface area contributed by atoms with Crippen molar-refractivity contribution in [2.24, 2.45) is 0 Å². The van der Waals surface area contributed by atoms with Crippen molar-refractivity contribution in [3.8, 4) is 11.5 Å². The lowest BCUT2D eigenvalue weighted by molar-refractivity contribution is -0.154. The zero-order chi connectivity index (χ0) is 30.5. The molecule has 0 heterocycles. The first kappa shape index (κ1) is 33.1. The minimum Gasteiger partial charge on any atom is -0.488 e. The van der Waals surface area contributed by atoms with Crippen LogP contribution in [0.4, 0.5) is 0 Å². The third-order valence-electron chi connectivity index (χ3n) is 6.68. The Balaban J connectivity index is 2.02. The largest absolute Gasteiger partial charge is 0.488 e. The number of ether oxygens (including phenoxy) is 6. The normalized spacial score (nSPS) is 12.7. The Morgan fingerprint density at radius 2 is 1.00 bits per heavy atom. The Bertz CT molecular complexity index is 1220. The van der Waals surface area contributed by atoms with Gasteiger partial charge in [-0.1, -0.05) is 49.2 Å². The molecule has 0 spiro atoms. The van der Waals surface area contributed by atoms with Crippen LogP contribution in [0.5, 0.6) is 11.5 Å². The number of carbonyl (C=O) groups is 2. The molecule has 0 fully saturated rings. The summed E-state index contributed by atoms with van der Waals surface area (Å²) in [4.78, 5) is 24.6. The monoisotopic (exact) mass is 582 g/mol. The van der Waals surface area contributed by atoms with Crippen LogP contribution in [0.1, 0.15) is 64.5 Å². The van der Waals surface area contributed by atoms with Crippen molar-refractivity contribution in [3.63, 3.8) is 0 Å². The highest BCUT2D eigenvalue weighted by Gasteiger charge is 2.22. The average Bonchev–Trinajstić information content (AvgIpc) is 2.96. The van der Waals surface area contributed by atoms with Crippen molar-refractivity contribution in [1.82, 2.24) is 0 Å². The lowest BCUT2D eigenvalue weighted by Gasteiger charge is -2.23. The molecular formula is C34H46O8. The molecule has 3 rings (SSSR count). The van der Waals surface area contributed by atoms with Gasteiger partial charge >= 0.3 is 11.9 Å². The Labute approximate surface area is 249 Å². The minimum atomic E-state index is -0.544. The maximum atomic E-state index is 12.3. The van der Waals surface area contributed by atoms with Gasteiger partial charge in [-0.25, -0.2) is 0 Å². The molecular weight excluding hydrogens is 536 g/mol. The van der Waals surface area contributed by atoms with Crippen LogP contribution < -0.4 is 9.47 Å². The molecule has 230 valence electrons. The fourth-order valence-electron chi connectivity index (χ4n) is 4.67. The van der Waals surface area contributed by atoms with Crippen molar-refractivity contribution < 1.29 is 38.0 Å². The van der Waals surface area contributed by atoms with E-state index in [1.807, 2.05) is 65.8 Å². The van der Waals surface area contributed by atoms with Gasteiger partial charge in [0.1, 0.15) is 24.7 Å². The predicted octanol–water partition coefficient (Wildman–Crippen LogP) is 6.86. The quantitative estimate of drug-likeness (QED) is 0.119. The smallest absolute Gasteiger partial charge is 0.306 e. The SMILES string of the molecule is CCCC(=O)OC(COCC)COc1c2ccc(C)cc2c(OCC(COCC)OC(=O)CCC)c2ccc(C)cc12. The summed E-state index contributed by atoms with van der Waals surface area (Å²) in [6.07, 6.45) is 1.02. The van der Waals surface area contributed by atoms with Crippen LogP contribution in [0.25, 0.3) is 21.5 Å². The van der Waals surface area contributed by atoms with E-state index in [0.29, 0.717) is 50.4 Å². The zero-order valence-corrected chi connectivity index (χ0v) is 26.0. The van der Waals surface area contributed by atoms with Crippen LogP contribution in [0.15, 0.2) is 36.4 Å². The maximum Gasteiger partial charge on any atom is 0.306 e. The molecule has 8 nitrogen and oxygen atoms in total. The van der Waals surface area contributed by atoms with E-state index >= 15 is 0 Å². The molecule has 0 aliphatic carbocycles. The second-order valence-electron chi connectivity index (χ2n) is 10.4. The van der Waals surface area contributed by atoms with Crippen LogP contribution in [0.2, 0.25) is 0 Å². The number of esters is 2. The van der Waals surface area contributed by atoms with E-state index in [9.17, 15) is 9.59 Å². The van der Waals surface area contributed by atoms with E-state index < -0.39 is 12.2 Å². The summed E-state index contributed by atoms with van der Waals surface area (Å²) in [6.45, 7) is 13.5. The molecule has 0 aliphatic rings. The van der Waals surface area contributed by atoms with Gasteiger partial charge in [0.05, 0.1) is 13.2 Å². The van der Waals surface area contributed by atoms with Gasteiger partial charge in [-0.05, 0) is 52.7 Å². The summed E-state index contributed by atoms with van der Waals surface area (Å²) in [5, 5.41) is 3.49. The van der Waals surface area contributed by atoms with Gasteiger partial charge in [-0.3, -0.25) is 9.59 Å². The molecule has 0 N–H and O–H groups in total. The van der Waals surface area contributed by atoms with Gasteiger partial charge in [0, 0.05) is 47.6 Å². The van der Waals surface area contributed by atoms with Gasteiger partial charge in [0.2, 0.25) is 0 Å². The van der Waals surface area contributed by atoms with E-state index in [4.69, 9.17) is 28.4 Å². The number of aryl methyl sites for hydroxylation is 2. The third kappa shape index (κ3) is 9.33. The summed E-state index contributed by atoms with van der Waals surface area (Å²) in [5.41, 5.74) is 2.13. The van der Waals surface area contributed by atoms with Gasteiger partial charge in [0.15, 0.2) is 12.2 Å². The van der Waals surface area contributed by atoms with Gasteiger partial charge in [-0.15, -0.1) is 0 Å². The standard InChI is InChI=1S/C34H46O8/c1-7-11-31(35)41-25(19-37-9-3)21-39-33-27-15-13-24(6)18-30(27)34(28-16-14-23(5)17-29(28)33)40-22-26(20-38-10-4)42-32(36)12-8-2/h13-18,25-26H,7-12,19-22H2,1-6H3. The highest BCUT2D eigenvalue weighted by atomic mass is 16.6. The highest BCUT2D eigenvalue weighted by molar-refractivity contribution is 6.11. The molecule has 42 heavy (non-hydrogen) atoms. The molecule has 0 bridgehead atoms. The lowest BCUT2D eigenvalue weighted by Crippen LogP contribution is -2.30. The first-order chi connectivity index (χ1) is 20.3. The van der Waals surface area contributed by atoms with Crippen molar-refractivity contribution in [2.45, 2.75) is 79.4 Å². The van der Waals surface area contributed by atoms with Crippen molar-refractivity contribution in [3.05, 3.63) is 47.5 Å². The molecule has 0 aliphatic heterocycles. The summed E-state index contributed by atoms with van der Waals surface area (Å²) in [7, 11) is 0. The van der Waals surface area contributed by atoms with E-state index in [0.717, 1.165) is 32.7 Å². The molecule has 3 aromatic carbocycles. The number of fused-ring (bicyclic) bond motifs is 2. The summed E-state index contributed by atoms with van der Waals surface area (Å²) >= 11 is 0. The second kappa shape index (κ2) is 16.9. The predicted molar refractivity (Wildman–Crippen MR) is 164 cm³/mol. The average molecular weight is 583 g/mol. The molecule has 0 saturated carbocycles. The van der Waals surface area contributed by atoms with Gasteiger partial charge in [0.25, 0.3) is 0 Å². The fourth-order valence-corrected chi connectivity index (χ4v) is 4.67. The highest BCUT2D eigenvalue weighted by Crippen LogP contribution is 2.43. The van der Waals surface area contributed by atoms with Crippen molar-refractivity contribution >= 4 is 33.5 Å². The van der Waals surface area contributed by atoms with Gasteiger partial charge in [-0.2, -0.15) is 0 Å². The van der Waals surface area contributed by atoms with Crippen LogP contribution in [-0.4, -0.2) is 63.8 Å². The van der Waals surface area contributed by atoms with E-state index in [1.54, 1.807) is 0 Å². The number of hydrogen-bond donors (Lipinski definition) is 0. The van der Waals surface area contributed by atoms with Crippen LogP contribution in [0, 0.1) is 13.8 Å². The van der Waals surface area contributed by atoms with Crippen LogP contribution in [0.3, 0.4) is 0 Å². The summed E-state index contributed by atoms with van der Waals surface area (Å²) in [5.74, 6) is 0.836. The van der Waals surface area contributed by atoms with E-state index in [-0.39, 0.29) is 38.4 Å². The summed E-state index contributed by atoms with van der Waals surface area (Å²) in [6, 6.07) is 12.2. The first-order valence-electron chi connectivity index (χ1n) is 15.1. The molecule has 2 unspecified atom stereocenters. The zero-order valence-electron chi connectivity index (χ0n) is 26.0. The number of carbonyl (C=O) groups excluding carboxylic acids is 2. The number of rotatable bonds is 18. The topological polar surface area (TPSA) is 89.5 Å². The second-order valence-corrected chi connectivity index (χ2v) is 10.4. The van der Waals surface area contributed by atoms with Gasteiger partial charge < -0.3 is 28.4 Å². The van der Waals surface area contributed by atoms with E-state index in [2.05, 4.69) is 12.1 Å². The number of benzene rings is 3. The fraction of sp³-hybridized carbons (Fsp3) is 0.529. The molecule has 0 radical (unpaired) electrons. The van der Waals surface area contributed by atoms with Crippen LogP contribution >= 0.6 is 0 Å². The Morgan fingerprint density at radius 3 is 1.36 bits per heavy atom. The molecule has 0 amide bonds. The molecule has 8 heteroatoms.